The lowest BCUT2D eigenvalue weighted by molar-refractivity contribution is 0.0698. The van der Waals surface area contributed by atoms with Crippen LogP contribution in [0.3, 0.4) is 0 Å². The molecule has 1 unspecified atom stereocenters. The van der Waals surface area contributed by atoms with Gasteiger partial charge in [0.2, 0.25) is 10.0 Å². The molecule has 6 nitrogen and oxygen atoms in total. The molecule has 0 spiro atoms. The molecule has 2 N–H and O–H groups in total. The Bertz CT molecular complexity index is 887. The Morgan fingerprint density at radius 2 is 2.20 bits per heavy atom. The van der Waals surface area contributed by atoms with Gasteiger partial charge < -0.3 is 9.84 Å². The molecule has 0 radical (unpaired) electrons. The number of sulfonamides is 1. The highest BCUT2D eigenvalue weighted by molar-refractivity contribution is 7.89. The fourth-order valence-corrected chi connectivity index (χ4v) is 5.80. The SMILES string of the molecule is O=C(O)c1sccc1S(=O)(=O)NC1(Cc2cccc(Cl)c2)CCOC1. The first-order valence-corrected chi connectivity index (χ1v) is 10.2. The molecule has 0 aliphatic carbocycles. The summed E-state index contributed by atoms with van der Waals surface area (Å²) < 4.78 is 33.7. The van der Waals surface area contributed by atoms with Gasteiger partial charge in [0.1, 0.15) is 9.77 Å². The Kier molecular flexibility index (Phi) is 5.17. The van der Waals surface area contributed by atoms with Crippen molar-refractivity contribution in [1.29, 1.82) is 0 Å². The number of carboxylic acids is 1. The average molecular weight is 402 g/mol. The molecule has 0 amide bonds. The number of hydrogen-bond acceptors (Lipinski definition) is 5. The molecule has 2 aromatic rings. The van der Waals surface area contributed by atoms with Crippen LogP contribution < -0.4 is 4.72 Å². The Morgan fingerprint density at radius 3 is 2.84 bits per heavy atom. The number of ether oxygens (including phenoxy) is 1. The van der Waals surface area contributed by atoms with Crippen LogP contribution in [0.4, 0.5) is 0 Å². The van der Waals surface area contributed by atoms with E-state index in [9.17, 15) is 18.3 Å². The molecule has 1 fully saturated rings. The van der Waals surface area contributed by atoms with E-state index >= 15 is 0 Å². The van der Waals surface area contributed by atoms with Crippen LogP contribution in [-0.4, -0.2) is 38.2 Å². The van der Waals surface area contributed by atoms with Crippen molar-refractivity contribution in [2.75, 3.05) is 13.2 Å². The van der Waals surface area contributed by atoms with Crippen molar-refractivity contribution in [1.82, 2.24) is 4.72 Å². The molecule has 0 bridgehead atoms. The largest absolute Gasteiger partial charge is 0.477 e. The van der Waals surface area contributed by atoms with Crippen molar-refractivity contribution in [3.8, 4) is 0 Å². The topological polar surface area (TPSA) is 92.7 Å². The quantitative estimate of drug-likeness (QED) is 0.776. The predicted molar refractivity (Wildman–Crippen MR) is 94.9 cm³/mol. The number of benzene rings is 1. The molecular formula is C16H16ClNO5S2. The third-order valence-electron chi connectivity index (χ3n) is 4.00. The molecule has 1 aromatic carbocycles. The molecule has 1 aliphatic heterocycles. The minimum absolute atomic E-state index is 0.204. The molecule has 1 aromatic heterocycles. The molecule has 9 heteroatoms. The molecule has 0 saturated carbocycles. The van der Waals surface area contributed by atoms with Gasteiger partial charge in [-0.25, -0.2) is 17.9 Å². The maximum absolute atomic E-state index is 12.8. The first-order chi connectivity index (χ1) is 11.8. The van der Waals surface area contributed by atoms with Gasteiger partial charge in [-0.1, -0.05) is 23.7 Å². The fourth-order valence-electron chi connectivity index (χ4n) is 2.91. The summed E-state index contributed by atoms with van der Waals surface area (Å²) in [7, 11) is -4.00. The van der Waals surface area contributed by atoms with Crippen molar-refractivity contribution in [2.45, 2.75) is 23.3 Å². The highest BCUT2D eigenvalue weighted by Gasteiger charge is 2.40. The minimum atomic E-state index is -4.00. The van der Waals surface area contributed by atoms with Crippen LogP contribution in [-0.2, 0) is 21.2 Å². The highest BCUT2D eigenvalue weighted by atomic mass is 35.5. The van der Waals surface area contributed by atoms with E-state index in [0.717, 1.165) is 16.9 Å². The third kappa shape index (κ3) is 4.04. The lowest BCUT2D eigenvalue weighted by Gasteiger charge is -2.28. The van der Waals surface area contributed by atoms with Crippen LogP contribution in [0.5, 0.6) is 0 Å². The summed E-state index contributed by atoms with van der Waals surface area (Å²) in [5, 5.41) is 11.2. The van der Waals surface area contributed by atoms with Crippen LogP contribution in [0.15, 0.2) is 40.6 Å². The van der Waals surface area contributed by atoms with Crippen molar-refractivity contribution >= 4 is 38.9 Å². The summed E-state index contributed by atoms with van der Waals surface area (Å²) in [6.45, 7) is 0.643. The van der Waals surface area contributed by atoms with Gasteiger partial charge in [0.25, 0.3) is 0 Å². The molecule has 1 saturated heterocycles. The standard InChI is InChI=1S/C16H16ClNO5S2/c17-12-3-1-2-11(8-12)9-16(5-6-23-10-16)18-25(21,22)13-4-7-24-14(13)15(19)20/h1-4,7-8,18H,5-6,9-10H2,(H,19,20). The first kappa shape index (κ1) is 18.3. The van der Waals surface area contributed by atoms with Crippen molar-refractivity contribution in [2.24, 2.45) is 0 Å². The van der Waals surface area contributed by atoms with Crippen LogP contribution in [0.1, 0.15) is 21.7 Å². The van der Waals surface area contributed by atoms with Crippen LogP contribution >= 0.6 is 22.9 Å². The average Bonchev–Trinajstić information content (AvgIpc) is 3.16. The number of halogens is 1. The molecule has 1 atom stereocenters. The number of hydrogen-bond donors (Lipinski definition) is 2. The minimum Gasteiger partial charge on any atom is -0.477 e. The van der Waals surface area contributed by atoms with E-state index < -0.39 is 21.5 Å². The second-order valence-corrected chi connectivity index (χ2v) is 8.92. The summed E-state index contributed by atoms with van der Waals surface area (Å²) in [6, 6.07) is 8.50. The predicted octanol–water partition coefficient (Wildman–Crippen LogP) is 2.78. The van der Waals surface area contributed by atoms with Crippen molar-refractivity contribution in [3.63, 3.8) is 0 Å². The van der Waals surface area contributed by atoms with Crippen molar-refractivity contribution < 1.29 is 23.1 Å². The zero-order valence-electron chi connectivity index (χ0n) is 13.1. The normalized spacial score (nSPS) is 20.7. The molecule has 2 heterocycles. The van der Waals surface area contributed by atoms with Gasteiger partial charge in [0.15, 0.2) is 0 Å². The van der Waals surface area contributed by atoms with Gasteiger partial charge in [0, 0.05) is 11.6 Å². The second kappa shape index (κ2) is 7.05. The number of nitrogens with one attached hydrogen (secondary N) is 1. The van der Waals surface area contributed by atoms with E-state index in [0.29, 0.717) is 24.5 Å². The number of carbonyl (C=O) groups is 1. The zero-order valence-corrected chi connectivity index (χ0v) is 15.5. The van der Waals surface area contributed by atoms with Crippen molar-refractivity contribution in [3.05, 3.63) is 51.2 Å². The maximum Gasteiger partial charge on any atom is 0.347 e. The third-order valence-corrected chi connectivity index (χ3v) is 6.89. The zero-order chi connectivity index (χ0) is 18.1. The van der Waals surface area contributed by atoms with E-state index in [1.54, 1.807) is 18.2 Å². The summed E-state index contributed by atoms with van der Waals surface area (Å²) in [4.78, 5) is 10.8. The van der Waals surface area contributed by atoms with Gasteiger partial charge in [-0.15, -0.1) is 11.3 Å². The Balaban J connectivity index is 1.91. The summed E-state index contributed by atoms with van der Waals surface area (Å²) >= 11 is 6.89. The van der Waals surface area contributed by atoms with E-state index in [4.69, 9.17) is 16.3 Å². The summed E-state index contributed by atoms with van der Waals surface area (Å²) in [6.07, 6.45) is 0.893. The number of aromatic carboxylic acids is 1. The molecule has 134 valence electrons. The number of carboxylic acid groups (broad SMARTS) is 1. The van der Waals surface area contributed by atoms with Crippen LogP contribution in [0, 0.1) is 0 Å². The fraction of sp³-hybridized carbons (Fsp3) is 0.312. The second-order valence-electron chi connectivity index (χ2n) is 5.91. The van der Waals surface area contributed by atoms with Gasteiger partial charge >= 0.3 is 5.97 Å². The lowest BCUT2D eigenvalue weighted by atomic mass is 9.91. The van der Waals surface area contributed by atoms with E-state index in [2.05, 4.69) is 4.72 Å². The number of rotatable bonds is 6. The van der Waals surface area contributed by atoms with Crippen LogP contribution in [0.25, 0.3) is 0 Å². The Hall–Kier alpha value is -1.45. The number of thiophene rings is 1. The van der Waals surface area contributed by atoms with Gasteiger partial charge in [-0.05, 0) is 42.0 Å². The monoisotopic (exact) mass is 401 g/mol. The molecule has 25 heavy (non-hydrogen) atoms. The Labute approximate surface area is 154 Å². The summed E-state index contributed by atoms with van der Waals surface area (Å²) in [5.41, 5.74) is 0.0470. The van der Waals surface area contributed by atoms with Crippen LogP contribution in [0.2, 0.25) is 5.02 Å². The highest BCUT2D eigenvalue weighted by Crippen LogP contribution is 2.29. The smallest absolute Gasteiger partial charge is 0.347 e. The van der Waals surface area contributed by atoms with Gasteiger partial charge in [-0.3, -0.25) is 0 Å². The van der Waals surface area contributed by atoms with Gasteiger partial charge in [0.05, 0.1) is 12.1 Å². The van der Waals surface area contributed by atoms with E-state index in [1.807, 2.05) is 6.07 Å². The molecule has 3 rings (SSSR count). The maximum atomic E-state index is 12.8. The Morgan fingerprint density at radius 1 is 1.40 bits per heavy atom. The molecular weight excluding hydrogens is 386 g/mol. The van der Waals surface area contributed by atoms with E-state index in [-0.39, 0.29) is 16.4 Å². The summed E-state index contributed by atoms with van der Waals surface area (Å²) in [5.74, 6) is -1.26. The van der Waals surface area contributed by atoms with Gasteiger partial charge in [-0.2, -0.15) is 0 Å². The first-order valence-electron chi connectivity index (χ1n) is 7.48. The van der Waals surface area contributed by atoms with E-state index in [1.165, 1.54) is 11.4 Å². The lowest BCUT2D eigenvalue weighted by Crippen LogP contribution is -2.50. The molecule has 1 aliphatic rings.